The average Bonchev–Trinajstić information content (AvgIpc) is 2.85. The lowest BCUT2D eigenvalue weighted by atomic mass is 9.99. The molecule has 2 N–H and O–H groups in total. The van der Waals surface area contributed by atoms with Crippen molar-refractivity contribution < 1.29 is 17.4 Å². The van der Waals surface area contributed by atoms with Crippen LogP contribution in [0.2, 0.25) is 0 Å². The Morgan fingerprint density at radius 1 is 0.972 bits per heavy atom. The molecule has 0 saturated carbocycles. The van der Waals surface area contributed by atoms with E-state index in [2.05, 4.69) is 36.0 Å². The molecule has 1 aliphatic heterocycles. The van der Waals surface area contributed by atoms with Gasteiger partial charge in [0.25, 0.3) is 5.91 Å². The highest BCUT2D eigenvalue weighted by Crippen LogP contribution is 2.26. The summed E-state index contributed by atoms with van der Waals surface area (Å²) in [5, 5.41) is 4.98. The van der Waals surface area contributed by atoms with Crippen LogP contribution < -0.4 is 14.2 Å². The number of hydrogen-bond acceptors (Lipinski definition) is 6. The summed E-state index contributed by atoms with van der Waals surface area (Å²) in [5.74, 6) is 0.0824. The van der Waals surface area contributed by atoms with Gasteiger partial charge in [-0.1, -0.05) is 36.4 Å². The zero-order valence-corrected chi connectivity index (χ0v) is 21.4. The molecule has 0 radical (unpaired) electrons. The van der Waals surface area contributed by atoms with Gasteiger partial charge in [0.2, 0.25) is 0 Å². The molecule has 0 saturated heterocycles. The zero-order valence-electron chi connectivity index (χ0n) is 20.6. The van der Waals surface area contributed by atoms with E-state index in [-0.39, 0.29) is 11.7 Å². The number of amides is 1. The molecule has 0 aromatic heterocycles. The van der Waals surface area contributed by atoms with Crippen LogP contribution in [0, 0.1) is 0 Å². The molecule has 0 atom stereocenters. The second kappa shape index (κ2) is 11.1. The molecule has 9 heteroatoms. The SMILES string of the molecule is CN(C)CCN(Cc1ccccc1)c1ccc(C(=O)N2CCc3ccc(OS(N)(=O)=O)cc3C2)cc1. The molecule has 8 nitrogen and oxygen atoms in total. The van der Waals surface area contributed by atoms with Crippen molar-refractivity contribution in [2.45, 2.75) is 19.5 Å². The van der Waals surface area contributed by atoms with E-state index in [0.29, 0.717) is 25.1 Å². The lowest BCUT2D eigenvalue weighted by molar-refractivity contribution is 0.0734. The minimum absolute atomic E-state index is 0.0622. The molecule has 3 aromatic rings. The second-order valence-corrected chi connectivity index (χ2v) is 10.4. The van der Waals surface area contributed by atoms with Crippen molar-refractivity contribution >= 4 is 21.9 Å². The van der Waals surface area contributed by atoms with E-state index in [9.17, 15) is 13.2 Å². The number of nitrogens with zero attached hydrogens (tertiary/aromatic N) is 3. The maximum atomic E-state index is 13.3. The fourth-order valence-corrected chi connectivity index (χ4v) is 4.69. The van der Waals surface area contributed by atoms with Gasteiger partial charge in [0.1, 0.15) is 5.75 Å². The molecular formula is C27H32N4O4S. The molecule has 190 valence electrons. The smallest absolute Gasteiger partial charge is 0.371 e. The van der Waals surface area contributed by atoms with E-state index in [1.54, 1.807) is 17.0 Å². The van der Waals surface area contributed by atoms with Crippen LogP contribution >= 0.6 is 0 Å². The summed E-state index contributed by atoms with van der Waals surface area (Å²) in [5.41, 5.74) is 4.82. The normalized spacial score (nSPS) is 13.4. The van der Waals surface area contributed by atoms with Gasteiger partial charge >= 0.3 is 10.3 Å². The first-order valence-electron chi connectivity index (χ1n) is 11.8. The number of fused-ring (bicyclic) bond motifs is 1. The Morgan fingerprint density at radius 2 is 1.69 bits per heavy atom. The third kappa shape index (κ3) is 6.84. The monoisotopic (exact) mass is 508 g/mol. The molecule has 1 heterocycles. The first-order chi connectivity index (χ1) is 17.2. The van der Waals surface area contributed by atoms with Crippen LogP contribution in [0.15, 0.2) is 72.8 Å². The van der Waals surface area contributed by atoms with Gasteiger partial charge < -0.3 is 18.9 Å². The largest absolute Gasteiger partial charge is 0.380 e. The standard InChI is InChI=1S/C27H32N4O4S/c1-29(2)16-17-30(19-21-6-4-3-5-7-21)25-11-8-23(9-12-25)27(32)31-15-14-22-10-13-26(18-24(22)20-31)35-36(28,33)34/h3-13,18H,14-17,19-20H2,1-2H3,(H2,28,33,34). The van der Waals surface area contributed by atoms with Crippen molar-refractivity contribution in [2.24, 2.45) is 5.14 Å². The van der Waals surface area contributed by atoms with E-state index in [1.807, 2.05) is 48.5 Å². The summed E-state index contributed by atoms with van der Waals surface area (Å²) in [4.78, 5) is 19.5. The van der Waals surface area contributed by atoms with Crippen molar-refractivity contribution in [1.29, 1.82) is 0 Å². The van der Waals surface area contributed by atoms with Crippen LogP contribution in [-0.4, -0.2) is 57.9 Å². The van der Waals surface area contributed by atoms with Crippen LogP contribution in [0.25, 0.3) is 0 Å². The van der Waals surface area contributed by atoms with Crippen LogP contribution in [0.4, 0.5) is 5.69 Å². The lowest BCUT2D eigenvalue weighted by Gasteiger charge is -2.30. The fourth-order valence-electron chi connectivity index (χ4n) is 4.31. The second-order valence-electron chi connectivity index (χ2n) is 9.24. The third-order valence-electron chi connectivity index (χ3n) is 6.20. The minimum atomic E-state index is -4.10. The third-order valence-corrected chi connectivity index (χ3v) is 6.63. The Labute approximate surface area is 213 Å². The van der Waals surface area contributed by atoms with Crippen molar-refractivity contribution in [3.8, 4) is 5.75 Å². The Bertz CT molecular complexity index is 1300. The minimum Gasteiger partial charge on any atom is -0.371 e. The van der Waals surface area contributed by atoms with Gasteiger partial charge in [-0.2, -0.15) is 13.6 Å². The van der Waals surface area contributed by atoms with Crippen molar-refractivity contribution in [1.82, 2.24) is 9.80 Å². The number of carbonyl (C=O) groups is 1. The number of likely N-dealkylation sites (N-methyl/N-ethyl adjacent to an activating group) is 1. The maximum absolute atomic E-state index is 13.3. The highest BCUT2D eigenvalue weighted by Gasteiger charge is 2.23. The van der Waals surface area contributed by atoms with Gasteiger partial charge in [-0.3, -0.25) is 4.79 Å². The van der Waals surface area contributed by atoms with E-state index < -0.39 is 10.3 Å². The molecule has 36 heavy (non-hydrogen) atoms. The van der Waals surface area contributed by atoms with Crippen molar-refractivity contribution in [2.75, 3.05) is 38.6 Å². The summed E-state index contributed by atoms with van der Waals surface area (Å²) in [6, 6.07) is 23.1. The molecule has 0 aliphatic carbocycles. The van der Waals surface area contributed by atoms with E-state index in [0.717, 1.165) is 36.4 Å². The van der Waals surface area contributed by atoms with Crippen LogP contribution in [0.1, 0.15) is 27.0 Å². The summed E-state index contributed by atoms with van der Waals surface area (Å²) in [6.07, 6.45) is 0.685. The van der Waals surface area contributed by atoms with E-state index >= 15 is 0 Å². The Kier molecular flexibility index (Phi) is 7.93. The number of nitrogens with two attached hydrogens (primary N) is 1. The molecule has 0 unspecified atom stereocenters. The Hall–Kier alpha value is -3.40. The summed E-state index contributed by atoms with van der Waals surface area (Å²) < 4.78 is 27.3. The first kappa shape index (κ1) is 25.7. The van der Waals surface area contributed by atoms with Gasteiger partial charge in [-0.05, 0) is 73.6 Å². The number of anilines is 1. The number of hydrogen-bond donors (Lipinski definition) is 1. The van der Waals surface area contributed by atoms with Gasteiger partial charge in [0.05, 0.1) is 0 Å². The van der Waals surface area contributed by atoms with Gasteiger partial charge in [0, 0.05) is 44.0 Å². The van der Waals surface area contributed by atoms with Crippen molar-refractivity contribution in [3.05, 3.63) is 95.1 Å². The maximum Gasteiger partial charge on any atom is 0.380 e. The predicted octanol–water partition coefficient (Wildman–Crippen LogP) is 3.04. The molecule has 3 aromatic carbocycles. The topological polar surface area (TPSA) is 96.2 Å². The summed E-state index contributed by atoms with van der Waals surface area (Å²) in [6.45, 7) is 3.53. The van der Waals surface area contributed by atoms with Crippen LogP contribution in [0.3, 0.4) is 0 Å². The van der Waals surface area contributed by atoms with E-state index in [1.165, 1.54) is 5.56 Å². The van der Waals surface area contributed by atoms with Crippen LogP contribution in [0.5, 0.6) is 5.75 Å². The van der Waals surface area contributed by atoms with Gasteiger partial charge in [-0.15, -0.1) is 0 Å². The average molecular weight is 509 g/mol. The molecule has 4 rings (SSSR count). The first-order valence-corrected chi connectivity index (χ1v) is 13.3. The quantitative estimate of drug-likeness (QED) is 0.477. The Balaban J connectivity index is 1.47. The van der Waals surface area contributed by atoms with Crippen LogP contribution in [-0.2, 0) is 29.8 Å². The highest BCUT2D eigenvalue weighted by atomic mass is 32.2. The molecule has 0 bridgehead atoms. The summed E-state index contributed by atoms with van der Waals surface area (Å²) >= 11 is 0. The number of rotatable bonds is 9. The number of carbonyl (C=O) groups excluding carboxylic acids is 1. The molecule has 1 amide bonds. The zero-order chi connectivity index (χ0) is 25.7. The molecule has 0 fully saturated rings. The van der Waals surface area contributed by atoms with E-state index in [4.69, 9.17) is 9.32 Å². The van der Waals surface area contributed by atoms with Crippen molar-refractivity contribution in [3.63, 3.8) is 0 Å². The van der Waals surface area contributed by atoms with Gasteiger partial charge in [-0.25, -0.2) is 0 Å². The molecule has 1 aliphatic rings. The fraction of sp³-hybridized carbons (Fsp3) is 0.296. The highest BCUT2D eigenvalue weighted by molar-refractivity contribution is 7.84. The molecular weight excluding hydrogens is 476 g/mol. The summed E-state index contributed by atoms with van der Waals surface area (Å²) in [7, 11) is 0.0135. The predicted molar refractivity (Wildman–Crippen MR) is 141 cm³/mol. The Morgan fingerprint density at radius 3 is 2.36 bits per heavy atom. The number of benzene rings is 3. The lowest BCUT2D eigenvalue weighted by Crippen LogP contribution is -2.36. The molecule has 0 spiro atoms. The van der Waals surface area contributed by atoms with Gasteiger partial charge in [0.15, 0.2) is 0 Å².